The molecule has 144 valence electrons. The van der Waals surface area contributed by atoms with Gasteiger partial charge in [-0.05, 0) is 51.8 Å². The summed E-state index contributed by atoms with van der Waals surface area (Å²) in [7, 11) is 0. The van der Waals surface area contributed by atoms with Gasteiger partial charge in [-0.15, -0.1) is 0 Å². The third kappa shape index (κ3) is 5.06. The van der Waals surface area contributed by atoms with Gasteiger partial charge in [0.15, 0.2) is 11.5 Å². The van der Waals surface area contributed by atoms with Crippen LogP contribution >= 0.6 is 28.1 Å². The van der Waals surface area contributed by atoms with Crippen molar-refractivity contribution in [3.63, 3.8) is 0 Å². The van der Waals surface area contributed by atoms with Crippen molar-refractivity contribution < 1.29 is 14.2 Å². The van der Waals surface area contributed by atoms with Crippen LogP contribution in [0.4, 0.5) is 10.1 Å². The van der Waals surface area contributed by atoms with Gasteiger partial charge in [-0.3, -0.25) is 10.7 Å². The molecule has 2 aromatic carbocycles. The van der Waals surface area contributed by atoms with Crippen LogP contribution < -0.4 is 5.48 Å². The van der Waals surface area contributed by atoms with Gasteiger partial charge in [0.05, 0.1) is 10.2 Å². The highest BCUT2D eigenvalue weighted by molar-refractivity contribution is 9.10. The van der Waals surface area contributed by atoms with E-state index in [0.29, 0.717) is 24.2 Å². The van der Waals surface area contributed by atoms with E-state index in [0.717, 1.165) is 10.4 Å². The molecule has 0 atom stereocenters. The fraction of sp³-hybridized carbons (Fsp3) is 0.158. The zero-order valence-corrected chi connectivity index (χ0v) is 17.2. The van der Waals surface area contributed by atoms with Crippen LogP contribution in [0.25, 0.3) is 0 Å². The molecule has 1 aromatic heterocycles. The SMILES string of the molecule is Cc1ccc(CC(=S)Cc2nonc2C(=Nc2ccc(F)c(Br)c2)NO)cc1. The van der Waals surface area contributed by atoms with Gasteiger partial charge in [-0.2, -0.15) is 0 Å². The Bertz CT molecular complexity index is 1020. The number of benzene rings is 2. The molecule has 0 bridgehead atoms. The first-order valence-corrected chi connectivity index (χ1v) is 9.49. The minimum Gasteiger partial charge on any atom is -0.290 e. The molecular formula is C19H16BrFN4O2S. The second kappa shape index (κ2) is 9.13. The highest BCUT2D eigenvalue weighted by Crippen LogP contribution is 2.23. The maximum absolute atomic E-state index is 13.4. The molecule has 0 fully saturated rings. The Balaban J connectivity index is 1.79. The average Bonchev–Trinajstić information content (AvgIpc) is 3.12. The van der Waals surface area contributed by atoms with Crippen molar-refractivity contribution in [3.05, 3.63) is 75.3 Å². The first-order valence-electron chi connectivity index (χ1n) is 8.29. The Morgan fingerprint density at radius 2 is 1.96 bits per heavy atom. The third-order valence-corrected chi connectivity index (χ3v) is 4.81. The summed E-state index contributed by atoms with van der Waals surface area (Å²) < 4.78 is 18.5. The number of aryl methyl sites for hydroxylation is 1. The standard InChI is InChI=1S/C19H16BrFN4O2S/c1-11-2-4-12(5-3-11)8-14(28)10-17-18(25-27-24-17)19(23-26)22-13-6-7-16(21)15(20)9-13/h2-7,9,26H,8,10H2,1H3,(H,22,23). The molecule has 3 aromatic rings. The molecule has 0 spiro atoms. The van der Waals surface area contributed by atoms with Crippen LogP contribution in [-0.4, -0.2) is 26.2 Å². The molecule has 2 N–H and O–H groups in total. The molecule has 0 amide bonds. The molecule has 9 heteroatoms. The van der Waals surface area contributed by atoms with E-state index in [4.69, 9.17) is 16.8 Å². The van der Waals surface area contributed by atoms with Crippen LogP contribution in [0.15, 0.2) is 56.6 Å². The number of amidine groups is 1. The lowest BCUT2D eigenvalue weighted by Gasteiger charge is -2.06. The van der Waals surface area contributed by atoms with Crippen molar-refractivity contribution in [2.24, 2.45) is 4.99 Å². The van der Waals surface area contributed by atoms with E-state index in [2.05, 4.69) is 31.2 Å². The number of aliphatic imine (C=N–C) groups is 1. The van der Waals surface area contributed by atoms with Gasteiger partial charge >= 0.3 is 0 Å². The van der Waals surface area contributed by atoms with Gasteiger partial charge in [0, 0.05) is 17.7 Å². The Labute approximate surface area is 174 Å². The quantitative estimate of drug-likeness (QED) is 0.243. The molecule has 3 rings (SSSR count). The lowest BCUT2D eigenvalue weighted by Crippen LogP contribution is -2.22. The monoisotopic (exact) mass is 462 g/mol. The number of rotatable bonds is 6. The molecule has 0 aliphatic rings. The van der Waals surface area contributed by atoms with Crippen molar-refractivity contribution in [1.82, 2.24) is 15.8 Å². The van der Waals surface area contributed by atoms with Crippen molar-refractivity contribution in [2.75, 3.05) is 0 Å². The summed E-state index contributed by atoms with van der Waals surface area (Å²) in [6.45, 7) is 2.03. The number of aromatic nitrogens is 2. The third-order valence-electron chi connectivity index (χ3n) is 3.92. The summed E-state index contributed by atoms with van der Waals surface area (Å²) in [6.07, 6.45) is 0.932. The Morgan fingerprint density at radius 1 is 1.21 bits per heavy atom. The number of halogens is 2. The number of hydrogen-bond donors (Lipinski definition) is 2. The van der Waals surface area contributed by atoms with Crippen LogP contribution in [0.3, 0.4) is 0 Å². The second-order valence-corrected chi connectivity index (χ2v) is 7.54. The molecular weight excluding hydrogens is 447 g/mol. The lowest BCUT2D eigenvalue weighted by atomic mass is 10.0. The molecule has 28 heavy (non-hydrogen) atoms. The van der Waals surface area contributed by atoms with Gasteiger partial charge < -0.3 is 0 Å². The Morgan fingerprint density at radius 3 is 2.64 bits per heavy atom. The summed E-state index contributed by atoms with van der Waals surface area (Å²) in [5.74, 6) is -0.393. The van der Waals surface area contributed by atoms with Crippen molar-refractivity contribution >= 4 is 44.5 Å². The van der Waals surface area contributed by atoms with Crippen molar-refractivity contribution in [1.29, 1.82) is 0 Å². The zero-order valence-electron chi connectivity index (χ0n) is 14.8. The molecule has 0 radical (unpaired) electrons. The predicted molar refractivity (Wildman–Crippen MR) is 111 cm³/mol. The van der Waals surface area contributed by atoms with E-state index in [1.54, 1.807) is 0 Å². The van der Waals surface area contributed by atoms with Gasteiger partial charge in [-0.25, -0.2) is 14.0 Å². The Hall–Kier alpha value is -2.49. The minimum atomic E-state index is -0.414. The maximum atomic E-state index is 13.4. The maximum Gasteiger partial charge on any atom is 0.182 e. The molecule has 0 saturated carbocycles. The van der Waals surface area contributed by atoms with Crippen LogP contribution in [0.2, 0.25) is 0 Å². The van der Waals surface area contributed by atoms with E-state index in [-0.39, 0.29) is 16.0 Å². The van der Waals surface area contributed by atoms with E-state index in [1.807, 2.05) is 36.7 Å². The van der Waals surface area contributed by atoms with Crippen molar-refractivity contribution in [2.45, 2.75) is 19.8 Å². The second-order valence-electron chi connectivity index (χ2n) is 6.11. The lowest BCUT2D eigenvalue weighted by molar-refractivity contribution is 0.234. The number of nitrogens with one attached hydrogen (secondary N) is 1. The van der Waals surface area contributed by atoms with Crippen LogP contribution in [-0.2, 0) is 12.8 Å². The topological polar surface area (TPSA) is 83.5 Å². The molecule has 0 aliphatic carbocycles. The number of thiocarbonyl (C=S) groups is 1. The first kappa shape index (κ1) is 20.2. The van der Waals surface area contributed by atoms with Crippen LogP contribution in [0.5, 0.6) is 0 Å². The normalized spacial score (nSPS) is 11.5. The zero-order chi connectivity index (χ0) is 20.1. The highest BCUT2D eigenvalue weighted by Gasteiger charge is 2.18. The molecule has 1 heterocycles. The Kier molecular flexibility index (Phi) is 6.61. The number of nitrogens with zero attached hydrogens (tertiary/aromatic N) is 3. The van der Waals surface area contributed by atoms with E-state index >= 15 is 0 Å². The number of hydrogen-bond acceptors (Lipinski definition) is 6. The summed E-state index contributed by atoms with van der Waals surface area (Å²) in [5, 5.41) is 17.2. The van der Waals surface area contributed by atoms with Crippen LogP contribution in [0.1, 0.15) is 22.5 Å². The summed E-state index contributed by atoms with van der Waals surface area (Å²) in [5.41, 5.74) is 5.35. The van der Waals surface area contributed by atoms with Crippen molar-refractivity contribution in [3.8, 4) is 0 Å². The molecule has 0 saturated heterocycles. The molecule has 0 aliphatic heterocycles. The molecule has 0 unspecified atom stereocenters. The summed E-state index contributed by atoms with van der Waals surface area (Å²) >= 11 is 8.58. The van der Waals surface area contributed by atoms with Gasteiger partial charge in [0.1, 0.15) is 11.5 Å². The number of hydroxylamine groups is 1. The fourth-order valence-corrected chi connectivity index (χ4v) is 3.17. The summed E-state index contributed by atoms with van der Waals surface area (Å²) in [6, 6.07) is 12.3. The predicted octanol–water partition coefficient (Wildman–Crippen LogP) is 4.49. The van der Waals surface area contributed by atoms with Crippen LogP contribution in [0, 0.1) is 12.7 Å². The minimum absolute atomic E-state index is 0.0212. The molecule has 6 nitrogen and oxygen atoms in total. The largest absolute Gasteiger partial charge is 0.290 e. The first-order chi connectivity index (χ1) is 13.5. The fourth-order valence-electron chi connectivity index (χ4n) is 2.50. The smallest absolute Gasteiger partial charge is 0.182 e. The van der Waals surface area contributed by atoms with E-state index in [1.165, 1.54) is 23.8 Å². The highest BCUT2D eigenvalue weighted by atomic mass is 79.9. The summed E-state index contributed by atoms with van der Waals surface area (Å²) in [4.78, 5) is 4.97. The van der Waals surface area contributed by atoms with Gasteiger partial charge in [0.2, 0.25) is 0 Å². The van der Waals surface area contributed by atoms with E-state index in [9.17, 15) is 9.60 Å². The van der Waals surface area contributed by atoms with Gasteiger partial charge in [0.25, 0.3) is 0 Å². The van der Waals surface area contributed by atoms with Gasteiger partial charge in [-0.1, -0.05) is 47.2 Å². The average molecular weight is 463 g/mol. The van der Waals surface area contributed by atoms with E-state index < -0.39 is 5.82 Å².